The van der Waals surface area contributed by atoms with E-state index < -0.39 is 6.10 Å². The minimum Gasteiger partial charge on any atom is -0.462 e. The molecular formula is C66H120O6. The van der Waals surface area contributed by atoms with Gasteiger partial charge in [-0.1, -0.05) is 307 Å². The van der Waals surface area contributed by atoms with Crippen molar-refractivity contribution >= 4 is 17.9 Å². The predicted octanol–water partition coefficient (Wildman–Crippen LogP) is 21.4. The smallest absolute Gasteiger partial charge is 0.306 e. The van der Waals surface area contributed by atoms with Crippen LogP contribution in [-0.4, -0.2) is 37.2 Å². The standard InChI is InChI=1S/C66H120O6/c1-4-7-10-13-15-17-19-21-23-24-25-26-27-28-29-30-31-32-33-34-35-36-37-38-39-40-41-42-43-45-46-48-50-53-56-59-65(68)71-62-63(61-70-64(67)58-55-52-12-9-6-3)72-66(69)60-57-54-51-49-47-44-22-20-18-16-14-11-8-5-2/h7,10,15,17,21,23,25-26,63H,4-6,8-9,11-14,16,18-20,22,24,27-62H2,1-3H3/b10-7-,17-15-,23-21-,26-25-. The second-order valence-electron chi connectivity index (χ2n) is 21.3. The Labute approximate surface area is 448 Å². The molecule has 0 saturated carbocycles. The first-order valence-corrected chi connectivity index (χ1v) is 31.6. The zero-order valence-electron chi connectivity index (χ0n) is 48.2. The molecule has 0 aromatic carbocycles. The van der Waals surface area contributed by atoms with Crippen molar-refractivity contribution in [2.24, 2.45) is 0 Å². The molecule has 6 nitrogen and oxygen atoms in total. The highest BCUT2D eigenvalue weighted by Gasteiger charge is 2.19. The number of carbonyl (C=O) groups is 3. The van der Waals surface area contributed by atoms with Gasteiger partial charge in [-0.2, -0.15) is 0 Å². The first-order chi connectivity index (χ1) is 35.5. The molecule has 0 spiro atoms. The third-order valence-electron chi connectivity index (χ3n) is 14.1. The fourth-order valence-electron chi connectivity index (χ4n) is 9.38. The number of hydrogen-bond donors (Lipinski definition) is 0. The molecule has 0 aliphatic rings. The summed E-state index contributed by atoms with van der Waals surface area (Å²) in [6.45, 7) is 6.48. The average Bonchev–Trinajstić information content (AvgIpc) is 3.38. The van der Waals surface area contributed by atoms with E-state index in [2.05, 4.69) is 69.4 Å². The van der Waals surface area contributed by atoms with Crippen molar-refractivity contribution in [3.05, 3.63) is 48.6 Å². The first-order valence-electron chi connectivity index (χ1n) is 31.6. The van der Waals surface area contributed by atoms with Crippen LogP contribution in [0.4, 0.5) is 0 Å². The number of rotatable bonds is 58. The molecule has 0 aromatic heterocycles. The maximum atomic E-state index is 12.8. The normalized spacial score (nSPS) is 12.3. The minimum atomic E-state index is -0.763. The molecule has 0 saturated heterocycles. The van der Waals surface area contributed by atoms with E-state index in [9.17, 15) is 14.4 Å². The highest BCUT2D eigenvalue weighted by atomic mass is 16.6. The molecule has 0 radical (unpaired) electrons. The van der Waals surface area contributed by atoms with E-state index >= 15 is 0 Å². The SMILES string of the molecule is CC/C=C\C/C=C\C/C=C\C/C=C\CCCCCCCCCCCCCCCCCCCCCCCCC(=O)OCC(COC(=O)CCCCCCC)OC(=O)CCCCCCCCCCCCCCCC. The zero-order chi connectivity index (χ0) is 52.2. The summed E-state index contributed by atoms with van der Waals surface area (Å²) in [6.07, 6.45) is 76.2. The van der Waals surface area contributed by atoms with Gasteiger partial charge in [-0.3, -0.25) is 14.4 Å². The van der Waals surface area contributed by atoms with Crippen molar-refractivity contribution in [1.29, 1.82) is 0 Å². The number of esters is 3. The molecule has 0 bridgehead atoms. The van der Waals surface area contributed by atoms with E-state index in [0.717, 1.165) is 89.9 Å². The van der Waals surface area contributed by atoms with Crippen molar-refractivity contribution in [3.63, 3.8) is 0 Å². The van der Waals surface area contributed by atoms with Crippen LogP contribution in [0.15, 0.2) is 48.6 Å². The van der Waals surface area contributed by atoms with Gasteiger partial charge in [0.25, 0.3) is 0 Å². The number of allylic oxidation sites excluding steroid dienone is 8. The Bertz CT molecular complexity index is 1250. The van der Waals surface area contributed by atoms with E-state index in [1.165, 1.54) is 205 Å². The molecule has 0 amide bonds. The molecule has 0 aliphatic carbocycles. The third-order valence-corrected chi connectivity index (χ3v) is 14.1. The lowest BCUT2D eigenvalue weighted by atomic mass is 10.0. The quantitative estimate of drug-likeness (QED) is 0.0261. The topological polar surface area (TPSA) is 78.9 Å². The predicted molar refractivity (Wildman–Crippen MR) is 312 cm³/mol. The lowest BCUT2D eigenvalue weighted by Gasteiger charge is -2.18. The molecule has 0 aliphatic heterocycles. The number of unbranched alkanes of at least 4 members (excludes halogenated alkanes) is 39. The van der Waals surface area contributed by atoms with Crippen LogP contribution in [0.3, 0.4) is 0 Å². The molecule has 0 rings (SSSR count). The summed E-state index contributed by atoms with van der Waals surface area (Å²) in [5.41, 5.74) is 0. The van der Waals surface area contributed by atoms with Gasteiger partial charge >= 0.3 is 17.9 Å². The van der Waals surface area contributed by atoms with Gasteiger partial charge in [0, 0.05) is 19.3 Å². The Hall–Kier alpha value is -2.63. The molecule has 72 heavy (non-hydrogen) atoms. The van der Waals surface area contributed by atoms with E-state index in [1.54, 1.807) is 0 Å². The lowest BCUT2D eigenvalue weighted by molar-refractivity contribution is -0.167. The summed E-state index contributed by atoms with van der Waals surface area (Å²) in [5, 5.41) is 0. The van der Waals surface area contributed by atoms with Gasteiger partial charge in [0.15, 0.2) is 6.10 Å². The second kappa shape index (κ2) is 60.9. The van der Waals surface area contributed by atoms with Gasteiger partial charge in [-0.15, -0.1) is 0 Å². The van der Waals surface area contributed by atoms with Gasteiger partial charge in [0.05, 0.1) is 0 Å². The van der Waals surface area contributed by atoms with Crippen LogP contribution in [0.2, 0.25) is 0 Å². The summed E-state index contributed by atoms with van der Waals surface area (Å²) in [4.78, 5) is 37.8. The van der Waals surface area contributed by atoms with Crippen LogP contribution in [0.25, 0.3) is 0 Å². The molecule has 1 atom stereocenters. The Morgan fingerprint density at radius 3 is 0.847 bits per heavy atom. The summed E-state index contributed by atoms with van der Waals surface area (Å²) in [5.74, 6) is -0.861. The van der Waals surface area contributed by atoms with Gasteiger partial charge < -0.3 is 14.2 Å². The highest BCUT2D eigenvalue weighted by Crippen LogP contribution is 2.18. The number of hydrogen-bond acceptors (Lipinski definition) is 6. The van der Waals surface area contributed by atoms with E-state index in [-0.39, 0.29) is 31.1 Å². The fraction of sp³-hybridized carbons (Fsp3) is 0.833. The van der Waals surface area contributed by atoms with Gasteiger partial charge in [0.2, 0.25) is 0 Å². The van der Waals surface area contributed by atoms with Crippen LogP contribution in [-0.2, 0) is 28.6 Å². The Morgan fingerprint density at radius 1 is 0.292 bits per heavy atom. The summed E-state index contributed by atoms with van der Waals surface area (Å²) in [7, 11) is 0. The van der Waals surface area contributed by atoms with E-state index in [1.807, 2.05) is 0 Å². The van der Waals surface area contributed by atoms with E-state index in [0.29, 0.717) is 19.3 Å². The molecule has 0 fully saturated rings. The van der Waals surface area contributed by atoms with Crippen molar-refractivity contribution in [3.8, 4) is 0 Å². The lowest BCUT2D eigenvalue weighted by Crippen LogP contribution is -2.30. The van der Waals surface area contributed by atoms with Crippen molar-refractivity contribution < 1.29 is 28.6 Å². The molecule has 0 heterocycles. The van der Waals surface area contributed by atoms with E-state index in [4.69, 9.17) is 14.2 Å². The minimum absolute atomic E-state index is 0.0665. The van der Waals surface area contributed by atoms with Gasteiger partial charge in [0.1, 0.15) is 13.2 Å². The third kappa shape index (κ3) is 58.3. The molecule has 6 heteroatoms. The van der Waals surface area contributed by atoms with Crippen LogP contribution >= 0.6 is 0 Å². The maximum absolute atomic E-state index is 12.8. The Morgan fingerprint density at radius 2 is 0.542 bits per heavy atom. The van der Waals surface area contributed by atoms with Crippen LogP contribution in [0, 0.1) is 0 Å². The fourth-order valence-corrected chi connectivity index (χ4v) is 9.38. The molecule has 420 valence electrons. The number of ether oxygens (including phenoxy) is 3. The van der Waals surface area contributed by atoms with Gasteiger partial charge in [-0.05, 0) is 57.8 Å². The van der Waals surface area contributed by atoms with Crippen LogP contribution in [0.5, 0.6) is 0 Å². The maximum Gasteiger partial charge on any atom is 0.306 e. The highest BCUT2D eigenvalue weighted by molar-refractivity contribution is 5.71. The van der Waals surface area contributed by atoms with Crippen molar-refractivity contribution in [1.82, 2.24) is 0 Å². The van der Waals surface area contributed by atoms with Crippen molar-refractivity contribution in [2.45, 2.75) is 341 Å². The molecule has 0 N–H and O–H groups in total. The molecule has 0 aromatic rings. The van der Waals surface area contributed by atoms with Crippen molar-refractivity contribution in [2.75, 3.05) is 13.2 Å². The van der Waals surface area contributed by atoms with Crippen LogP contribution < -0.4 is 0 Å². The summed E-state index contributed by atoms with van der Waals surface area (Å²) in [6, 6.07) is 0. The largest absolute Gasteiger partial charge is 0.462 e. The Balaban J connectivity index is 3.84. The zero-order valence-corrected chi connectivity index (χ0v) is 48.2. The first kappa shape index (κ1) is 69.4. The second-order valence-corrected chi connectivity index (χ2v) is 21.3. The van der Waals surface area contributed by atoms with Gasteiger partial charge in [-0.25, -0.2) is 0 Å². The monoisotopic (exact) mass is 1010 g/mol. The summed E-state index contributed by atoms with van der Waals surface area (Å²) < 4.78 is 16.7. The molecule has 1 unspecified atom stereocenters. The average molecular weight is 1010 g/mol. The molecular weight excluding hydrogens is 889 g/mol. The summed E-state index contributed by atoms with van der Waals surface area (Å²) >= 11 is 0. The number of carbonyl (C=O) groups excluding carboxylic acids is 3. The Kier molecular flexibility index (Phi) is 58.7. The van der Waals surface area contributed by atoms with Crippen LogP contribution in [0.1, 0.15) is 335 Å².